The lowest BCUT2D eigenvalue weighted by Gasteiger charge is -2.07. The standard InChI is InChI=1S/C24H23BrN2O3.CH4O/c1-17-22(26-24(30-17)18-5-7-20(25)8-6-18)16-29-21-9-10-23-19(15-21)11-13-27(23)12-3-2-4-14-28;1-2/h5-11,13-15H,2-4,12,16H2,1H3;2H,1H3. The molecule has 0 spiro atoms. The molecule has 4 aromatic rings. The molecule has 2 heterocycles. The van der Waals surface area contributed by atoms with Crippen LogP contribution in [0.15, 0.2) is 63.6 Å². The summed E-state index contributed by atoms with van der Waals surface area (Å²) < 4.78 is 15.1. The number of aldehydes is 1. The molecule has 168 valence electrons. The van der Waals surface area contributed by atoms with Crippen LogP contribution >= 0.6 is 15.9 Å². The van der Waals surface area contributed by atoms with Crippen molar-refractivity contribution in [2.75, 3.05) is 7.11 Å². The zero-order valence-corrected chi connectivity index (χ0v) is 19.8. The van der Waals surface area contributed by atoms with Gasteiger partial charge in [0.1, 0.15) is 30.1 Å². The molecule has 0 radical (unpaired) electrons. The summed E-state index contributed by atoms with van der Waals surface area (Å²) in [5, 5.41) is 8.13. The lowest BCUT2D eigenvalue weighted by molar-refractivity contribution is -0.107. The molecular formula is C25H27BrN2O4. The maximum absolute atomic E-state index is 10.5. The maximum Gasteiger partial charge on any atom is 0.226 e. The number of rotatable bonds is 9. The van der Waals surface area contributed by atoms with Gasteiger partial charge in [0.2, 0.25) is 5.89 Å². The Morgan fingerprint density at radius 2 is 1.91 bits per heavy atom. The SMILES string of the molecule is CO.Cc1oc(-c2ccc(Br)cc2)nc1COc1ccc2c(ccn2CCCCC=O)c1. The first kappa shape index (κ1) is 23.8. The summed E-state index contributed by atoms with van der Waals surface area (Å²) in [5.74, 6) is 2.16. The molecule has 1 N–H and O–H groups in total. The van der Waals surface area contributed by atoms with Crippen molar-refractivity contribution in [1.29, 1.82) is 0 Å². The van der Waals surface area contributed by atoms with Gasteiger partial charge in [-0.2, -0.15) is 0 Å². The molecule has 0 atom stereocenters. The molecule has 2 aromatic carbocycles. The summed E-state index contributed by atoms with van der Waals surface area (Å²) in [6.07, 6.45) is 5.61. The molecule has 4 rings (SSSR count). The van der Waals surface area contributed by atoms with Crippen LogP contribution in [0.2, 0.25) is 0 Å². The molecule has 0 unspecified atom stereocenters. The van der Waals surface area contributed by atoms with Gasteiger partial charge in [0, 0.05) is 47.2 Å². The topological polar surface area (TPSA) is 77.5 Å². The van der Waals surface area contributed by atoms with E-state index in [9.17, 15) is 4.79 Å². The van der Waals surface area contributed by atoms with E-state index >= 15 is 0 Å². The van der Waals surface area contributed by atoms with Crippen molar-refractivity contribution >= 4 is 33.1 Å². The van der Waals surface area contributed by atoms with Crippen LogP contribution in [0.4, 0.5) is 0 Å². The minimum absolute atomic E-state index is 0.351. The molecule has 0 saturated carbocycles. The van der Waals surface area contributed by atoms with Crippen molar-refractivity contribution in [3.05, 3.63) is 70.7 Å². The van der Waals surface area contributed by atoms with E-state index in [1.54, 1.807) is 0 Å². The Hall–Kier alpha value is -2.90. The highest BCUT2D eigenvalue weighted by Gasteiger charge is 2.12. The fourth-order valence-electron chi connectivity index (χ4n) is 3.40. The average molecular weight is 499 g/mol. The van der Waals surface area contributed by atoms with Crippen molar-refractivity contribution in [3.8, 4) is 17.2 Å². The minimum Gasteiger partial charge on any atom is -0.487 e. The van der Waals surface area contributed by atoms with E-state index in [4.69, 9.17) is 14.3 Å². The van der Waals surface area contributed by atoms with E-state index in [1.807, 2.05) is 43.3 Å². The number of hydrogen-bond acceptors (Lipinski definition) is 5. The number of nitrogens with zero attached hydrogens (tertiary/aromatic N) is 2. The highest BCUT2D eigenvalue weighted by molar-refractivity contribution is 9.10. The molecule has 0 amide bonds. The number of carbonyl (C=O) groups excluding carboxylic acids is 1. The zero-order valence-electron chi connectivity index (χ0n) is 18.3. The van der Waals surface area contributed by atoms with Crippen LogP contribution < -0.4 is 4.74 Å². The fourth-order valence-corrected chi connectivity index (χ4v) is 3.67. The van der Waals surface area contributed by atoms with Crippen molar-refractivity contribution in [2.45, 2.75) is 39.3 Å². The first-order chi connectivity index (χ1) is 15.6. The molecule has 0 saturated heterocycles. The third kappa shape index (κ3) is 5.87. The van der Waals surface area contributed by atoms with Crippen LogP contribution in [0.1, 0.15) is 30.7 Å². The van der Waals surface area contributed by atoms with Crippen LogP contribution in [0, 0.1) is 6.92 Å². The number of hydrogen-bond donors (Lipinski definition) is 1. The number of benzene rings is 2. The number of aliphatic hydroxyl groups is 1. The number of unbranched alkanes of at least 4 members (excludes halogenated alkanes) is 2. The molecule has 2 aromatic heterocycles. The number of carbonyl (C=O) groups is 1. The number of oxazole rings is 1. The number of halogens is 1. The van der Waals surface area contributed by atoms with Gasteiger partial charge in [-0.3, -0.25) is 0 Å². The van der Waals surface area contributed by atoms with E-state index in [-0.39, 0.29) is 0 Å². The van der Waals surface area contributed by atoms with Crippen LogP contribution in [-0.2, 0) is 17.9 Å². The Morgan fingerprint density at radius 1 is 1.12 bits per heavy atom. The third-order valence-corrected chi connectivity index (χ3v) is 5.60. The zero-order chi connectivity index (χ0) is 22.9. The summed E-state index contributed by atoms with van der Waals surface area (Å²) in [4.78, 5) is 15.1. The van der Waals surface area contributed by atoms with Crippen LogP contribution in [0.25, 0.3) is 22.4 Å². The lowest BCUT2D eigenvalue weighted by Crippen LogP contribution is -1.98. The molecule has 6 nitrogen and oxygen atoms in total. The van der Waals surface area contributed by atoms with Crippen molar-refractivity contribution in [3.63, 3.8) is 0 Å². The van der Waals surface area contributed by atoms with Gasteiger partial charge in [0.15, 0.2) is 0 Å². The molecule has 0 aliphatic heterocycles. The average Bonchev–Trinajstić information content (AvgIpc) is 3.40. The number of ether oxygens (including phenoxy) is 1. The molecule has 0 aliphatic rings. The Bertz CT molecular complexity index is 1150. The van der Waals surface area contributed by atoms with Crippen LogP contribution in [0.3, 0.4) is 0 Å². The smallest absolute Gasteiger partial charge is 0.226 e. The van der Waals surface area contributed by atoms with Crippen molar-refractivity contribution in [2.24, 2.45) is 0 Å². The Kier molecular flexibility index (Phi) is 8.64. The second-order valence-electron chi connectivity index (χ2n) is 7.21. The summed E-state index contributed by atoms with van der Waals surface area (Å²) in [6, 6.07) is 16.1. The summed E-state index contributed by atoms with van der Waals surface area (Å²) in [5.41, 5.74) is 2.90. The van der Waals surface area contributed by atoms with Gasteiger partial charge in [-0.05, 0) is 68.3 Å². The number of aryl methyl sites for hydroxylation is 2. The highest BCUT2D eigenvalue weighted by atomic mass is 79.9. The monoisotopic (exact) mass is 498 g/mol. The van der Waals surface area contributed by atoms with Gasteiger partial charge in [0.05, 0.1) is 0 Å². The first-order valence-corrected chi connectivity index (χ1v) is 11.3. The normalized spacial score (nSPS) is 10.6. The number of aromatic nitrogens is 2. The fraction of sp³-hybridized carbons (Fsp3) is 0.280. The van der Waals surface area contributed by atoms with E-state index in [0.29, 0.717) is 18.9 Å². The van der Waals surface area contributed by atoms with Gasteiger partial charge >= 0.3 is 0 Å². The quantitative estimate of drug-likeness (QED) is 0.228. The Morgan fingerprint density at radius 3 is 2.66 bits per heavy atom. The van der Waals surface area contributed by atoms with E-state index in [1.165, 1.54) is 5.52 Å². The largest absolute Gasteiger partial charge is 0.487 e. The van der Waals surface area contributed by atoms with Crippen LogP contribution in [-0.4, -0.2) is 28.1 Å². The second-order valence-corrected chi connectivity index (χ2v) is 8.13. The van der Waals surface area contributed by atoms with Gasteiger partial charge in [-0.15, -0.1) is 0 Å². The number of fused-ring (bicyclic) bond motifs is 1. The van der Waals surface area contributed by atoms with Crippen molar-refractivity contribution in [1.82, 2.24) is 9.55 Å². The lowest BCUT2D eigenvalue weighted by atomic mass is 10.2. The predicted molar refractivity (Wildman–Crippen MR) is 129 cm³/mol. The molecular weight excluding hydrogens is 472 g/mol. The molecule has 0 fully saturated rings. The van der Waals surface area contributed by atoms with Gasteiger partial charge < -0.3 is 23.6 Å². The van der Waals surface area contributed by atoms with E-state index in [0.717, 1.165) is 65.4 Å². The molecule has 7 heteroatoms. The summed E-state index contributed by atoms with van der Waals surface area (Å²) in [6.45, 7) is 3.17. The minimum atomic E-state index is 0.351. The Labute approximate surface area is 196 Å². The maximum atomic E-state index is 10.5. The summed E-state index contributed by atoms with van der Waals surface area (Å²) in [7, 11) is 1.00. The molecule has 32 heavy (non-hydrogen) atoms. The predicted octanol–water partition coefficient (Wildman–Crippen LogP) is 5.92. The summed E-state index contributed by atoms with van der Waals surface area (Å²) >= 11 is 3.44. The third-order valence-electron chi connectivity index (χ3n) is 5.07. The Balaban J connectivity index is 0.00000141. The highest BCUT2D eigenvalue weighted by Crippen LogP contribution is 2.26. The van der Waals surface area contributed by atoms with Gasteiger partial charge in [-0.25, -0.2) is 4.98 Å². The van der Waals surface area contributed by atoms with Crippen LogP contribution in [0.5, 0.6) is 5.75 Å². The van der Waals surface area contributed by atoms with Crippen molar-refractivity contribution < 1.29 is 19.1 Å². The van der Waals surface area contributed by atoms with Gasteiger partial charge in [-0.1, -0.05) is 15.9 Å². The first-order valence-electron chi connectivity index (χ1n) is 10.5. The molecule has 0 bridgehead atoms. The van der Waals surface area contributed by atoms with E-state index in [2.05, 4.69) is 43.8 Å². The van der Waals surface area contributed by atoms with Gasteiger partial charge in [0.25, 0.3) is 0 Å². The van der Waals surface area contributed by atoms with E-state index < -0.39 is 0 Å². The molecule has 0 aliphatic carbocycles. The number of aliphatic hydroxyl groups excluding tert-OH is 1. The second kappa shape index (κ2) is 11.6.